The van der Waals surface area contributed by atoms with Crippen LogP contribution in [0.15, 0.2) is 36.5 Å². The number of nitrogens with zero attached hydrogens (tertiary/aromatic N) is 1. The average molecular weight is 1150 g/mol. The molecule has 0 aliphatic heterocycles. The number of rotatable bonds is 66. The summed E-state index contributed by atoms with van der Waals surface area (Å²) in [5.41, 5.74) is 0. The van der Waals surface area contributed by atoms with Gasteiger partial charge in [-0.15, -0.1) is 0 Å². The van der Waals surface area contributed by atoms with Crippen molar-refractivity contribution < 1.29 is 32.9 Å². The highest BCUT2D eigenvalue weighted by molar-refractivity contribution is 7.47. The minimum atomic E-state index is -4.33. The van der Waals surface area contributed by atoms with Crippen molar-refractivity contribution in [2.24, 2.45) is 0 Å². The van der Waals surface area contributed by atoms with Crippen LogP contribution in [0.25, 0.3) is 0 Å². The molecule has 0 spiro atoms. The normalized spacial score (nSPS) is 13.8. The minimum absolute atomic E-state index is 0.0744. The molecule has 0 aromatic heterocycles. The van der Waals surface area contributed by atoms with Crippen LogP contribution in [-0.4, -0.2) is 73.4 Å². The number of nitrogens with one attached hydrogen (secondary N) is 1. The fraction of sp³-hybridized carbons (Fsp3) is 0.901. The van der Waals surface area contributed by atoms with E-state index >= 15 is 0 Å². The number of quaternary nitrogens is 1. The van der Waals surface area contributed by atoms with E-state index in [2.05, 4.69) is 55.6 Å². The lowest BCUT2D eigenvalue weighted by molar-refractivity contribution is -0.870. The molecule has 3 atom stereocenters. The zero-order valence-corrected chi connectivity index (χ0v) is 55.2. The summed E-state index contributed by atoms with van der Waals surface area (Å²) in [6, 6.07) is -0.765. The van der Waals surface area contributed by atoms with Crippen LogP contribution in [0.1, 0.15) is 361 Å². The molecule has 0 aliphatic rings. The van der Waals surface area contributed by atoms with Gasteiger partial charge < -0.3 is 19.8 Å². The molecular formula is C71H140N2O6P+. The average Bonchev–Trinajstić information content (AvgIpc) is 3.42. The molecule has 8 nitrogen and oxygen atoms in total. The summed E-state index contributed by atoms with van der Waals surface area (Å²) in [4.78, 5) is 23.5. The van der Waals surface area contributed by atoms with Gasteiger partial charge in [0.1, 0.15) is 13.2 Å². The van der Waals surface area contributed by atoms with Gasteiger partial charge >= 0.3 is 7.82 Å². The SMILES string of the molecule is CCCCCCC/C=C\C/C=C\C/C=C\CCCCCCCCCCCCC(=O)NC(COP(=O)(O)OCC[N+](C)(C)C)C(O)CCCCCCCCCCCCCCCCCCCCCCCCCCCCCCCCCCC. The minimum Gasteiger partial charge on any atom is -0.391 e. The Bertz CT molecular complexity index is 1400. The van der Waals surface area contributed by atoms with Gasteiger partial charge in [0, 0.05) is 6.42 Å². The van der Waals surface area contributed by atoms with E-state index in [9.17, 15) is 19.4 Å². The fourth-order valence-electron chi connectivity index (χ4n) is 10.9. The summed E-state index contributed by atoms with van der Waals surface area (Å²) in [6.07, 6.45) is 82.5. The second-order valence-electron chi connectivity index (χ2n) is 25.6. The van der Waals surface area contributed by atoms with E-state index in [1.807, 2.05) is 21.1 Å². The second-order valence-corrected chi connectivity index (χ2v) is 27.1. The Labute approximate surface area is 499 Å². The van der Waals surface area contributed by atoms with Crippen molar-refractivity contribution in [2.45, 2.75) is 373 Å². The van der Waals surface area contributed by atoms with E-state index in [0.29, 0.717) is 23.9 Å². The van der Waals surface area contributed by atoms with Gasteiger partial charge in [-0.25, -0.2) is 4.57 Å². The topological polar surface area (TPSA) is 105 Å². The van der Waals surface area contributed by atoms with Gasteiger partial charge in [-0.3, -0.25) is 13.8 Å². The van der Waals surface area contributed by atoms with Crippen molar-refractivity contribution in [1.29, 1.82) is 0 Å². The largest absolute Gasteiger partial charge is 0.472 e. The lowest BCUT2D eigenvalue weighted by Gasteiger charge is -2.26. The molecule has 0 radical (unpaired) electrons. The quantitative estimate of drug-likeness (QED) is 0.0243. The van der Waals surface area contributed by atoms with Gasteiger partial charge in [0.2, 0.25) is 5.91 Å². The van der Waals surface area contributed by atoms with Gasteiger partial charge in [-0.05, 0) is 51.4 Å². The maximum Gasteiger partial charge on any atom is 0.472 e. The number of aliphatic hydroxyl groups is 1. The molecule has 80 heavy (non-hydrogen) atoms. The molecule has 0 heterocycles. The van der Waals surface area contributed by atoms with E-state index < -0.39 is 20.0 Å². The number of carbonyl (C=O) groups excluding carboxylic acids is 1. The maximum atomic E-state index is 13.1. The molecule has 474 valence electrons. The third-order valence-corrected chi connectivity index (χ3v) is 17.4. The highest BCUT2D eigenvalue weighted by Crippen LogP contribution is 2.43. The van der Waals surface area contributed by atoms with Crippen LogP contribution < -0.4 is 5.32 Å². The first-order valence-corrected chi connectivity index (χ1v) is 36.8. The molecule has 3 unspecified atom stereocenters. The zero-order chi connectivity index (χ0) is 58.4. The number of hydrogen-bond donors (Lipinski definition) is 3. The smallest absolute Gasteiger partial charge is 0.391 e. The molecule has 0 fully saturated rings. The third-order valence-electron chi connectivity index (χ3n) is 16.4. The summed E-state index contributed by atoms with van der Waals surface area (Å²) in [5, 5.41) is 14.2. The van der Waals surface area contributed by atoms with Crippen molar-refractivity contribution in [2.75, 3.05) is 40.9 Å². The Hall–Kier alpha value is -1.28. The molecule has 1 amide bonds. The zero-order valence-electron chi connectivity index (χ0n) is 54.3. The van der Waals surface area contributed by atoms with Crippen molar-refractivity contribution in [3.63, 3.8) is 0 Å². The van der Waals surface area contributed by atoms with E-state index in [-0.39, 0.29) is 19.1 Å². The monoisotopic (exact) mass is 1150 g/mol. The lowest BCUT2D eigenvalue weighted by Crippen LogP contribution is -2.46. The fourth-order valence-corrected chi connectivity index (χ4v) is 11.6. The Morgan fingerprint density at radius 3 is 1.04 bits per heavy atom. The first-order chi connectivity index (χ1) is 39.0. The number of phosphoric ester groups is 1. The second kappa shape index (κ2) is 62.3. The van der Waals surface area contributed by atoms with Crippen molar-refractivity contribution in [1.82, 2.24) is 5.32 Å². The van der Waals surface area contributed by atoms with Crippen molar-refractivity contribution in [3.8, 4) is 0 Å². The first kappa shape index (κ1) is 78.7. The molecule has 0 rings (SSSR count). The summed E-state index contributed by atoms with van der Waals surface area (Å²) < 4.78 is 23.9. The summed E-state index contributed by atoms with van der Waals surface area (Å²) >= 11 is 0. The molecule has 0 aliphatic carbocycles. The Balaban J connectivity index is 4.01. The molecule has 3 N–H and O–H groups in total. The van der Waals surface area contributed by atoms with E-state index in [1.54, 1.807) is 0 Å². The van der Waals surface area contributed by atoms with Crippen LogP contribution in [0.2, 0.25) is 0 Å². The Kier molecular flexibility index (Phi) is 61.3. The maximum absolute atomic E-state index is 13.1. The number of carbonyl (C=O) groups is 1. The van der Waals surface area contributed by atoms with Crippen molar-refractivity contribution >= 4 is 13.7 Å². The van der Waals surface area contributed by atoms with Crippen LogP contribution in [-0.2, 0) is 18.4 Å². The first-order valence-electron chi connectivity index (χ1n) is 35.4. The summed E-state index contributed by atoms with van der Waals surface area (Å²) in [7, 11) is 1.63. The third kappa shape index (κ3) is 64.3. The molecule has 9 heteroatoms. The predicted octanol–water partition coefficient (Wildman–Crippen LogP) is 22.4. The van der Waals surface area contributed by atoms with Gasteiger partial charge in [-0.2, -0.15) is 0 Å². The predicted molar refractivity (Wildman–Crippen MR) is 351 cm³/mol. The van der Waals surface area contributed by atoms with E-state index in [4.69, 9.17) is 9.05 Å². The standard InChI is InChI=1S/C71H139N2O6P/c1-6-8-10-12-14-16-18-20-22-24-26-28-30-32-33-34-35-36-37-38-39-41-42-44-46-48-50-52-54-56-58-60-62-64-70(74)69(68-79-80(76,77)78-67-66-73(3,4)5)72-71(75)65-63-61-59-57-55-53-51-49-47-45-43-40-31-29-27-25-23-21-19-17-15-13-11-9-7-2/h19,21,25,27,31,40,69-70,74H,6-18,20,22-24,26,28-30,32-39,41-68H2,1-5H3,(H-,72,75,76,77)/p+1/b21-19-,27-25-,40-31-. The van der Waals surface area contributed by atoms with Crippen LogP contribution in [0, 0.1) is 0 Å². The van der Waals surface area contributed by atoms with E-state index in [0.717, 1.165) is 51.4 Å². The molecule has 0 aromatic carbocycles. The van der Waals surface area contributed by atoms with Crippen LogP contribution in [0.4, 0.5) is 0 Å². The van der Waals surface area contributed by atoms with Crippen molar-refractivity contribution in [3.05, 3.63) is 36.5 Å². The van der Waals surface area contributed by atoms with Gasteiger partial charge in [0.25, 0.3) is 0 Å². The number of hydrogen-bond acceptors (Lipinski definition) is 5. The van der Waals surface area contributed by atoms with Gasteiger partial charge in [-0.1, -0.05) is 339 Å². The Morgan fingerprint density at radius 1 is 0.425 bits per heavy atom. The highest BCUT2D eigenvalue weighted by atomic mass is 31.2. The van der Waals surface area contributed by atoms with Crippen LogP contribution in [0.3, 0.4) is 0 Å². The van der Waals surface area contributed by atoms with E-state index in [1.165, 1.54) is 283 Å². The van der Waals surface area contributed by atoms with Gasteiger partial charge in [0.05, 0.1) is 39.9 Å². The summed E-state index contributed by atoms with van der Waals surface area (Å²) in [5.74, 6) is -0.143. The number of likely N-dealkylation sites (N-methyl/N-ethyl adjacent to an activating group) is 1. The lowest BCUT2D eigenvalue weighted by atomic mass is 10.0. The number of unbranched alkanes of at least 4 members (excludes halogenated alkanes) is 47. The molecule has 0 aromatic rings. The number of amides is 1. The van der Waals surface area contributed by atoms with Crippen LogP contribution >= 0.6 is 7.82 Å². The van der Waals surface area contributed by atoms with Gasteiger partial charge in [0.15, 0.2) is 0 Å². The summed E-state index contributed by atoms with van der Waals surface area (Å²) in [6.45, 7) is 4.93. The number of allylic oxidation sites excluding steroid dienone is 6. The molecule has 0 saturated heterocycles. The molecular weight excluding hydrogens is 1010 g/mol. The molecule has 0 bridgehead atoms. The number of aliphatic hydroxyl groups excluding tert-OH is 1. The number of phosphoric acid groups is 1. The molecule has 0 saturated carbocycles. The van der Waals surface area contributed by atoms with Crippen LogP contribution in [0.5, 0.6) is 0 Å². The Morgan fingerprint density at radius 2 is 0.713 bits per heavy atom. The highest BCUT2D eigenvalue weighted by Gasteiger charge is 2.28.